The number of nitrogens with one attached hydrogen (secondary N) is 2. The number of carbonyl (C=O) groups is 1. The molecule has 18 heavy (non-hydrogen) atoms. The number of hydrogen-bond donors (Lipinski definition) is 3. The zero-order valence-electron chi connectivity index (χ0n) is 11.0. The van der Waals surface area contributed by atoms with Crippen LogP contribution in [0.25, 0.3) is 0 Å². The molecule has 1 aromatic carbocycles. The van der Waals surface area contributed by atoms with Gasteiger partial charge in [0.05, 0.1) is 12.8 Å². The standard InChI is InChI=1S/C13H20N2O3/c1-9(2)14-7-6-13(17)15-11-8-10(18-3)4-5-12(11)16/h4-5,8-9,14,16H,6-7H2,1-3H3,(H,15,17). The van der Waals surface area contributed by atoms with E-state index in [2.05, 4.69) is 10.6 Å². The number of amides is 1. The summed E-state index contributed by atoms with van der Waals surface area (Å²) in [5.41, 5.74) is 0.365. The van der Waals surface area contributed by atoms with E-state index in [0.29, 0.717) is 30.4 Å². The first kappa shape index (κ1) is 14.3. The number of benzene rings is 1. The van der Waals surface area contributed by atoms with Crippen LogP contribution in [-0.2, 0) is 4.79 Å². The van der Waals surface area contributed by atoms with Gasteiger partial charge in [-0.2, -0.15) is 0 Å². The fourth-order valence-corrected chi connectivity index (χ4v) is 1.43. The Morgan fingerprint density at radius 2 is 2.17 bits per heavy atom. The normalized spacial score (nSPS) is 10.4. The Morgan fingerprint density at radius 1 is 1.44 bits per heavy atom. The second-order valence-corrected chi connectivity index (χ2v) is 4.29. The predicted octanol–water partition coefficient (Wildman–Crippen LogP) is 1.73. The maximum absolute atomic E-state index is 11.6. The SMILES string of the molecule is COc1ccc(O)c(NC(=O)CCNC(C)C)c1. The third-order valence-electron chi connectivity index (χ3n) is 2.38. The lowest BCUT2D eigenvalue weighted by Gasteiger charge is -2.10. The summed E-state index contributed by atoms with van der Waals surface area (Å²) >= 11 is 0. The van der Waals surface area contributed by atoms with E-state index >= 15 is 0 Å². The lowest BCUT2D eigenvalue weighted by atomic mass is 10.2. The zero-order chi connectivity index (χ0) is 13.5. The highest BCUT2D eigenvalue weighted by molar-refractivity contribution is 5.92. The summed E-state index contributed by atoms with van der Waals surface area (Å²) in [5.74, 6) is 0.469. The predicted molar refractivity (Wildman–Crippen MR) is 71.0 cm³/mol. The largest absolute Gasteiger partial charge is 0.506 e. The van der Waals surface area contributed by atoms with Crippen molar-refractivity contribution in [1.82, 2.24) is 5.32 Å². The number of rotatable bonds is 6. The molecule has 1 rings (SSSR count). The van der Waals surface area contributed by atoms with Crippen LogP contribution in [0.3, 0.4) is 0 Å². The molecule has 0 aliphatic carbocycles. The summed E-state index contributed by atoms with van der Waals surface area (Å²) in [6, 6.07) is 5.05. The van der Waals surface area contributed by atoms with Crippen LogP contribution in [0.15, 0.2) is 18.2 Å². The molecule has 5 nitrogen and oxygen atoms in total. The Kier molecular flexibility index (Phi) is 5.45. The molecule has 1 aromatic rings. The second kappa shape index (κ2) is 6.86. The van der Waals surface area contributed by atoms with Crippen LogP contribution in [0.4, 0.5) is 5.69 Å². The van der Waals surface area contributed by atoms with Gasteiger partial charge in [0.15, 0.2) is 0 Å². The number of aromatic hydroxyl groups is 1. The molecule has 1 amide bonds. The number of phenols is 1. The Morgan fingerprint density at radius 3 is 2.78 bits per heavy atom. The molecule has 0 unspecified atom stereocenters. The van der Waals surface area contributed by atoms with E-state index in [9.17, 15) is 9.90 Å². The lowest BCUT2D eigenvalue weighted by Crippen LogP contribution is -2.27. The summed E-state index contributed by atoms with van der Waals surface area (Å²) in [4.78, 5) is 11.6. The number of carbonyl (C=O) groups excluding carboxylic acids is 1. The number of phenolic OH excluding ortho intramolecular Hbond substituents is 1. The molecule has 0 aromatic heterocycles. The summed E-state index contributed by atoms with van der Waals surface area (Å²) < 4.78 is 5.03. The summed E-state index contributed by atoms with van der Waals surface area (Å²) in [5, 5.41) is 15.4. The first-order chi connectivity index (χ1) is 8.52. The molecule has 0 atom stereocenters. The third kappa shape index (κ3) is 4.63. The van der Waals surface area contributed by atoms with Crippen LogP contribution < -0.4 is 15.4 Å². The van der Waals surface area contributed by atoms with E-state index in [4.69, 9.17) is 4.74 Å². The number of anilines is 1. The van der Waals surface area contributed by atoms with Crippen LogP contribution in [-0.4, -0.2) is 30.7 Å². The minimum atomic E-state index is -0.147. The first-order valence-corrected chi connectivity index (χ1v) is 5.93. The molecule has 0 aliphatic heterocycles. The van der Waals surface area contributed by atoms with Crippen molar-refractivity contribution < 1.29 is 14.6 Å². The molecule has 0 spiro atoms. The van der Waals surface area contributed by atoms with E-state index in [1.165, 1.54) is 13.2 Å². The van der Waals surface area contributed by atoms with E-state index in [-0.39, 0.29) is 11.7 Å². The smallest absolute Gasteiger partial charge is 0.225 e. The van der Waals surface area contributed by atoms with Crippen molar-refractivity contribution in [1.29, 1.82) is 0 Å². The highest BCUT2D eigenvalue weighted by Gasteiger charge is 2.07. The fourth-order valence-electron chi connectivity index (χ4n) is 1.43. The van der Waals surface area contributed by atoms with Gasteiger partial charge in [0, 0.05) is 25.1 Å². The molecular weight excluding hydrogens is 232 g/mol. The molecule has 0 saturated carbocycles. The molecule has 0 heterocycles. The van der Waals surface area contributed by atoms with Gasteiger partial charge in [0.1, 0.15) is 11.5 Å². The molecule has 0 saturated heterocycles. The quantitative estimate of drug-likeness (QED) is 0.674. The van der Waals surface area contributed by atoms with E-state index < -0.39 is 0 Å². The average molecular weight is 252 g/mol. The van der Waals surface area contributed by atoms with E-state index in [0.717, 1.165) is 0 Å². The molecule has 0 aliphatic rings. The minimum Gasteiger partial charge on any atom is -0.506 e. The minimum absolute atomic E-state index is 0.0287. The van der Waals surface area contributed by atoms with Crippen molar-refractivity contribution in [3.8, 4) is 11.5 Å². The first-order valence-electron chi connectivity index (χ1n) is 5.93. The van der Waals surface area contributed by atoms with Gasteiger partial charge in [-0.25, -0.2) is 0 Å². The van der Waals surface area contributed by atoms with Gasteiger partial charge in [-0.05, 0) is 12.1 Å². The topological polar surface area (TPSA) is 70.6 Å². The zero-order valence-corrected chi connectivity index (χ0v) is 11.0. The van der Waals surface area contributed by atoms with Crippen molar-refractivity contribution in [2.45, 2.75) is 26.3 Å². The van der Waals surface area contributed by atoms with Crippen LogP contribution in [0.1, 0.15) is 20.3 Å². The maximum atomic E-state index is 11.6. The van der Waals surface area contributed by atoms with Crippen molar-refractivity contribution in [3.63, 3.8) is 0 Å². The van der Waals surface area contributed by atoms with Gasteiger partial charge in [0.2, 0.25) is 5.91 Å². The molecule has 0 radical (unpaired) electrons. The Bertz CT molecular complexity index is 405. The van der Waals surface area contributed by atoms with Crippen LogP contribution >= 0.6 is 0 Å². The summed E-state index contributed by atoms with van der Waals surface area (Å²) in [6.45, 7) is 4.64. The fraction of sp³-hybridized carbons (Fsp3) is 0.462. The Labute approximate surface area is 107 Å². The third-order valence-corrected chi connectivity index (χ3v) is 2.38. The van der Waals surface area contributed by atoms with E-state index in [1.54, 1.807) is 12.1 Å². The summed E-state index contributed by atoms with van der Waals surface area (Å²) in [6.07, 6.45) is 0.356. The van der Waals surface area contributed by atoms with Gasteiger partial charge >= 0.3 is 0 Å². The molecule has 3 N–H and O–H groups in total. The Hall–Kier alpha value is -1.75. The van der Waals surface area contributed by atoms with Gasteiger partial charge in [-0.3, -0.25) is 4.79 Å². The van der Waals surface area contributed by atoms with Gasteiger partial charge in [0.25, 0.3) is 0 Å². The monoisotopic (exact) mass is 252 g/mol. The van der Waals surface area contributed by atoms with Crippen molar-refractivity contribution in [2.24, 2.45) is 0 Å². The molecule has 100 valence electrons. The number of hydrogen-bond acceptors (Lipinski definition) is 4. The van der Waals surface area contributed by atoms with E-state index in [1.807, 2.05) is 13.8 Å². The Balaban J connectivity index is 2.53. The van der Waals surface area contributed by atoms with Crippen LogP contribution in [0.2, 0.25) is 0 Å². The van der Waals surface area contributed by atoms with Gasteiger partial charge < -0.3 is 20.5 Å². The van der Waals surface area contributed by atoms with Crippen LogP contribution in [0.5, 0.6) is 11.5 Å². The number of methoxy groups -OCH3 is 1. The number of ether oxygens (including phenoxy) is 1. The molecule has 0 bridgehead atoms. The van der Waals surface area contributed by atoms with Crippen LogP contribution in [0, 0.1) is 0 Å². The average Bonchev–Trinajstić information content (AvgIpc) is 2.31. The molecule has 0 fully saturated rings. The second-order valence-electron chi connectivity index (χ2n) is 4.29. The van der Waals surface area contributed by atoms with Gasteiger partial charge in [-0.15, -0.1) is 0 Å². The molecular formula is C13H20N2O3. The highest BCUT2D eigenvalue weighted by atomic mass is 16.5. The van der Waals surface area contributed by atoms with Crippen molar-refractivity contribution >= 4 is 11.6 Å². The van der Waals surface area contributed by atoms with Gasteiger partial charge in [-0.1, -0.05) is 13.8 Å². The lowest BCUT2D eigenvalue weighted by molar-refractivity contribution is -0.116. The van der Waals surface area contributed by atoms with Crippen molar-refractivity contribution in [3.05, 3.63) is 18.2 Å². The maximum Gasteiger partial charge on any atom is 0.225 e. The van der Waals surface area contributed by atoms with Crippen molar-refractivity contribution in [2.75, 3.05) is 19.0 Å². The highest BCUT2D eigenvalue weighted by Crippen LogP contribution is 2.27. The molecule has 5 heteroatoms. The summed E-state index contributed by atoms with van der Waals surface area (Å²) in [7, 11) is 1.53.